The summed E-state index contributed by atoms with van der Waals surface area (Å²) in [6, 6.07) is 3.40. The lowest BCUT2D eigenvalue weighted by Crippen LogP contribution is -2.39. The molecule has 1 aliphatic heterocycles. The Hall–Kier alpha value is -0.470. The Bertz CT molecular complexity index is 436. The van der Waals surface area contributed by atoms with Crippen LogP contribution in [-0.2, 0) is 14.9 Å². The van der Waals surface area contributed by atoms with E-state index < -0.39 is 10.0 Å². The number of nitrogens with two attached hydrogens (primary N) is 1. The summed E-state index contributed by atoms with van der Waals surface area (Å²) < 4.78 is 26.4. The molecule has 96 valence electrons. The smallest absolute Gasteiger partial charge is 0.252 e. The molecule has 1 saturated heterocycles. The molecule has 1 aromatic heterocycles. The summed E-state index contributed by atoms with van der Waals surface area (Å²) in [5.41, 5.74) is 0. The Morgan fingerprint density at radius 3 is 2.71 bits per heavy atom. The standard InChI is InChI=1S/C10H16N2O3S2/c11-15-8-9-3-5-12(6-4-9)17(13,14)10-2-1-7-16-10/h1-2,7,9H,3-6,8,11H2. The summed E-state index contributed by atoms with van der Waals surface area (Å²) >= 11 is 1.26. The van der Waals surface area contributed by atoms with Gasteiger partial charge in [-0.2, -0.15) is 4.31 Å². The Kier molecular flexibility index (Phi) is 4.16. The Balaban J connectivity index is 2.01. The summed E-state index contributed by atoms with van der Waals surface area (Å²) in [5, 5.41) is 1.78. The monoisotopic (exact) mass is 276 g/mol. The van der Waals surface area contributed by atoms with Crippen LogP contribution in [0.2, 0.25) is 0 Å². The van der Waals surface area contributed by atoms with Gasteiger partial charge in [0.2, 0.25) is 0 Å². The lowest BCUT2D eigenvalue weighted by Gasteiger charge is -2.30. The molecule has 7 heteroatoms. The van der Waals surface area contributed by atoms with Crippen molar-refractivity contribution in [2.75, 3.05) is 19.7 Å². The van der Waals surface area contributed by atoms with E-state index in [-0.39, 0.29) is 0 Å². The zero-order chi connectivity index (χ0) is 12.3. The zero-order valence-corrected chi connectivity index (χ0v) is 11.0. The molecular weight excluding hydrogens is 260 g/mol. The molecular formula is C10H16N2O3S2. The molecule has 5 nitrogen and oxygen atoms in total. The third kappa shape index (κ3) is 2.86. The van der Waals surface area contributed by atoms with E-state index in [1.54, 1.807) is 21.8 Å². The summed E-state index contributed by atoms with van der Waals surface area (Å²) in [6.45, 7) is 1.61. The van der Waals surface area contributed by atoms with Crippen molar-refractivity contribution in [2.45, 2.75) is 17.1 Å². The second-order valence-corrected chi connectivity index (χ2v) is 7.23. The molecule has 2 rings (SSSR count). The summed E-state index contributed by atoms with van der Waals surface area (Å²) in [7, 11) is -3.28. The molecule has 1 fully saturated rings. The fourth-order valence-corrected chi connectivity index (χ4v) is 4.60. The van der Waals surface area contributed by atoms with Crippen molar-refractivity contribution in [1.82, 2.24) is 4.31 Å². The van der Waals surface area contributed by atoms with Crippen LogP contribution in [0.3, 0.4) is 0 Å². The molecule has 0 radical (unpaired) electrons. The lowest BCUT2D eigenvalue weighted by atomic mass is 9.99. The summed E-state index contributed by atoms with van der Waals surface area (Å²) in [4.78, 5) is 4.61. The number of rotatable bonds is 4. The molecule has 0 saturated carbocycles. The molecule has 2 N–H and O–H groups in total. The first-order valence-electron chi connectivity index (χ1n) is 5.50. The van der Waals surface area contributed by atoms with Gasteiger partial charge in [0, 0.05) is 13.1 Å². The molecule has 0 aliphatic carbocycles. The number of nitrogens with zero attached hydrogens (tertiary/aromatic N) is 1. The van der Waals surface area contributed by atoms with Gasteiger partial charge in [-0.05, 0) is 30.2 Å². The average molecular weight is 276 g/mol. The first kappa shape index (κ1) is 13.0. The Morgan fingerprint density at radius 2 is 2.18 bits per heavy atom. The van der Waals surface area contributed by atoms with E-state index in [4.69, 9.17) is 5.90 Å². The fourth-order valence-electron chi connectivity index (χ4n) is 1.99. The van der Waals surface area contributed by atoms with Crippen molar-refractivity contribution in [3.05, 3.63) is 17.5 Å². The van der Waals surface area contributed by atoms with Crippen LogP contribution in [0.5, 0.6) is 0 Å². The minimum absolute atomic E-state index is 0.370. The minimum atomic E-state index is -3.28. The van der Waals surface area contributed by atoms with E-state index in [2.05, 4.69) is 4.84 Å². The second-order valence-electron chi connectivity index (χ2n) is 4.11. The van der Waals surface area contributed by atoms with Gasteiger partial charge in [-0.1, -0.05) is 6.07 Å². The highest BCUT2D eigenvalue weighted by Gasteiger charge is 2.29. The van der Waals surface area contributed by atoms with Gasteiger partial charge in [-0.3, -0.25) is 0 Å². The van der Waals surface area contributed by atoms with E-state index in [1.165, 1.54) is 11.3 Å². The quantitative estimate of drug-likeness (QED) is 0.834. The molecule has 0 unspecified atom stereocenters. The summed E-state index contributed by atoms with van der Waals surface area (Å²) in [6.07, 6.45) is 1.61. The fraction of sp³-hybridized carbons (Fsp3) is 0.600. The number of hydrogen-bond donors (Lipinski definition) is 1. The third-order valence-corrected chi connectivity index (χ3v) is 6.27. The van der Waals surface area contributed by atoms with Crippen molar-refractivity contribution in [2.24, 2.45) is 11.8 Å². The molecule has 0 atom stereocenters. The van der Waals surface area contributed by atoms with Crippen LogP contribution in [0.1, 0.15) is 12.8 Å². The number of sulfonamides is 1. The maximum absolute atomic E-state index is 12.2. The lowest BCUT2D eigenvalue weighted by molar-refractivity contribution is 0.0805. The number of hydrogen-bond acceptors (Lipinski definition) is 5. The van der Waals surface area contributed by atoms with Crippen LogP contribution in [-0.4, -0.2) is 32.4 Å². The predicted octanol–water partition coefficient (Wildman–Crippen LogP) is 1.04. The highest BCUT2D eigenvalue weighted by atomic mass is 32.2. The van der Waals surface area contributed by atoms with Crippen LogP contribution in [0, 0.1) is 5.92 Å². The highest BCUT2D eigenvalue weighted by Crippen LogP contribution is 2.26. The molecule has 2 heterocycles. The van der Waals surface area contributed by atoms with E-state index in [1.807, 2.05) is 0 Å². The van der Waals surface area contributed by atoms with E-state index in [9.17, 15) is 8.42 Å². The first-order chi connectivity index (χ1) is 8.14. The Morgan fingerprint density at radius 1 is 1.47 bits per heavy atom. The molecule has 0 aromatic carbocycles. The SMILES string of the molecule is NOCC1CCN(S(=O)(=O)c2cccs2)CC1. The number of thiophene rings is 1. The zero-order valence-electron chi connectivity index (χ0n) is 9.41. The van der Waals surface area contributed by atoms with Crippen LogP contribution in [0.25, 0.3) is 0 Å². The summed E-state index contributed by atoms with van der Waals surface area (Å²) in [5.74, 6) is 5.40. The van der Waals surface area contributed by atoms with Crippen LogP contribution in [0.15, 0.2) is 21.7 Å². The minimum Gasteiger partial charge on any atom is -0.304 e. The molecule has 1 aliphatic rings. The normalized spacial score (nSPS) is 19.6. The molecule has 0 spiro atoms. The van der Waals surface area contributed by atoms with Crippen LogP contribution in [0.4, 0.5) is 0 Å². The third-order valence-electron chi connectivity index (χ3n) is 2.99. The van der Waals surface area contributed by atoms with Gasteiger partial charge in [0.15, 0.2) is 0 Å². The van der Waals surface area contributed by atoms with Crippen molar-refractivity contribution < 1.29 is 13.3 Å². The first-order valence-corrected chi connectivity index (χ1v) is 7.82. The number of piperidine rings is 1. The van der Waals surface area contributed by atoms with Crippen molar-refractivity contribution >= 4 is 21.4 Å². The van der Waals surface area contributed by atoms with E-state index in [0.29, 0.717) is 29.8 Å². The Labute approximate surface area is 105 Å². The maximum atomic E-state index is 12.2. The highest BCUT2D eigenvalue weighted by molar-refractivity contribution is 7.91. The van der Waals surface area contributed by atoms with Gasteiger partial charge < -0.3 is 4.84 Å². The van der Waals surface area contributed by atoms with Gasteiger partial charge in [-0.15, -0.1) is 11.3 Å². The van der Waals surface area contributed by atoms with E-state index in [0.717, 1.165) is 12.8 Å². The van der Waals surface area contributed by atoms with Crippen LogP contribution < -0.4 is 5.90 Å². The van der Waals surface area contributed by atoms with Gasteiger partial charge in [0.05, 0.1) is 6.61 Å². The van der Waals surface area contributed by atoms with Gasteiger partial charge in [0.25, 0.3) is 10.0 Å². The molecule has 0 amide bonds. The molecule has 1 aromatic rings. The molecule has 17 heavy (non-hydrogen) atoms. The van der Waals surface area contributed by atoms with Crippen LogP contribution >= 0.6 is 11.3 Å². The second kappa shape index (κ2) is 5.45. The molecule has 0 bridgehead atoms. The predicted molar refractivity (Wildman–Crippen MR) is 65.9 cm³/mol. The maximum Gasteiger partial charge on any atom is 0.252 e. The van der Waals surface area contributed by atoms with Crippen molar-refractivity contribution in [1.29, 1.82) is 0 Å². The largest absolute Gasteiger partial charge is 0.304 e. The average Bonchev–Trinajstić information content (AvgIpc) is 2.84. The van der Waals surface area contributed by atoms with Gasteiger partial charge in [0.1, 0.15) is 4.21 Å². The topological polar surface area (TPSA) is 72.6 Å². The van der Waals surface area contributed by atoms with Gasteiger partial charge >= 0.3 is 0 Å². The van der Waals surface area contributed by atoms with Crippen molar-refractivity contribution in [3.63, 3.8) is 0 Å². The van der Waals surface area contributed by atoms with Crippen molar-refractivity contribution in [3.8, 4) is 0 Å². The van der Waals surface area contributed by atoms with Gasteiger partial charge in [-0.25, -0.2) is 14.3 Å². The van der Waals surface area contributed by atoms with E-state index >= 15 is 0 Å².